The molecular weight excluding hydrogens is 338 g/mol. The van der Waals surface area contributed by atoms with Gasteiger partial charge in [0.1, 0.15) is 0 Å². The van der Waals surface area contributed by atoms with Crippen molar-refractivity contribution < 1.29 is 9.59 Å². The summed E-state index contributed by atoms with van der Waals surface area (Å²) >= 11 is 0. The van der Waals surface area contributed by atoms with Crippen LogP contribution in [0.15, 0.2) is 24.3 Å². The zero-order chi connectivity index (χ0) is 17.5. The third-order valence-corrected chi connectivity index (χ3v) is 4.52. The van der Waals surface area contributed by atoms with Crippen LogP contribution >= 0.6 is 12.4 Å². The quantitative estimate of drug-likeness (QED) is 0.775. The summed E-state index contributed by atoms with van der Waals surface area (Å²) in [6.45, 7) is 5.69. The fraction of sp³-hybridized carbons (Fsp3) is 0.579. The van der Waals surface area contributed by atoms with Crippen molar-refractivity contribution in [1.82, 2.24) is 4.90 Å². The van der Waals surface area contributed by atoms with E-state index >= 15 is 0 Å². The Morgan fingerprint density at radius 3 is 2.20 bits per heavy atom. The van der Waals surface area contributed by atoms with Crippen molar-refractivity contribution in [2.45, 2.75) is 52.0 Å². The Kier molecular flexibility index (Phi) is 8.93. The van der Waals surface area contributed by atoms with Gasteiger partial charge in [-0.1, -0.05) is 13.8 Å². The molecule has 0 saturated heterocycles. The first-order valence-corrected chi connectivity index (χ1v) is 9.00. The molecule has 0 aliphatic heterocycles. The lowest BCUT2D eigenvalue weighted by atomic mass is 10.1. The van der Waals surface area contributed by atoms with Crippen molar-refractivity contribution in [2.24, 2.45) is 11.7 Å². The molecule has 3 N–H and O–H groups in total. The molecule has 0 heterocycles. The average molecular weight is 368 g/mol. The van der Waals surface area contributed by atoms with Crippen LogP contribution in [-0.4, -0.2) is 35.8 Å². The maximum Gasteiger partial charge on any atom is 0.253 e. The van der Waals surface area contributed by atoms with Crippen molar-refractivity contribution in [3.8, 4) is 0 Å². The predicted octanol–water partition coefficient (Wildman–Crippen LogP) is 3.44. The molecule has 1 aromatic rings. The summed E-state index contributed by atoms with van der Waals surface area (Å²) in [5, 5.41) is 2.93. The summed E-state index contributed by atoms with van der Waals surface area (Å²) in [6.07, 6.45) is 4.42. The van der Waals surface area contributed by atoms with Gasteiger partial charge >= 0.3 is 0 Å². The fourth-order valence-corrected chi connectivity index (χ4v) is 3.23. The highest BCUT2D eigenvalue weighted by Gasteiger charge is 2.27. The molecular formula is C19H30ClN3O2. The van der Waals surface area contributed by atoms with Crippen LogP contribution < -0.4 is 11.1 Å². The van der Waals surface area contributed by atoms with Crippen LogP contribution in [0.2, 0.25) is 0 Å². The second-order valence-corrected chi connectivity index (χ2v) is 6.63. The summed E-state index contributed by atoms with van der Waals surface area (Å²) < 4.78 is 0. The van der Waals surface area contributed by atoms with E-state index in [9.17, 15) is 9.59 Å². The number of anilines is 1. The summed E-state index contributed by atoms with van der Waals surface area (Å²) in [4.78, 5) is 26.6. The number of nitrogens with two attached hydrogens (primary N) is 1. The maximum absolute atomic E-state index is 12.5. The third-order valence-electron chi connectivity index (χ3n) is 4.52. The van der Waals surface area contributed by atoms with E-state index in [0.29, 0.717) is 5.56 Å². The first kappa shape index (κ1) is 21.5. The topological polar surface area (TPSA) is 75.4 Å². The highest BCUT2D eigenvalue weighted by molar-refractivity contribution is 5.96. The van der Waals surface area contributed by atoms with E-state index in [1.54, 1.807) is 24.3 Å². The Hall–Kier alpha value is -1.59. The number of carbonyl (C=O) groups excluding carboxylic acids is 2. The molecule has 5 nitrogen and oxygen atoms in total. The minimum Gasteiger partial charge on any atom is -0.339 e. The van der Waals surface area contributed by atoms with Crippen molar-refractivity contribution >= 4 is 29.9 Å². The predicted molar refractivity (Wildman–Crippen MR) is 104 cm³/mol. The molecule has 6 heteroatoms. The fourth-order valence-electron chi connectivity index (χ4n) is 3.23. The SMILES string of the molecule is CCCN(CCC)C(=O)c1ccc(NC(=O)C2CCC(N)C2)cc1.Cl. The third kappa shape index (κ3) is 6.01. The van der Waals surface area contributed by atoms with Crippen molar-refractivity contribution in [1.29, 1.82) is 0 Å². The van der Waals surface area contributed by atoms with Crippen LogP contribution in [0, 0.1) is 5.92 Å². The largest absolute Gasteiger partial charge is 0.339 e. The van der Waals surface area contributed by atoms with Crippen molar-refractivity contribution in [2.75, 3.05) is 18.4 Å². The first-order valence-electron chi connectivity index (χ1n) is 9.00. The second kappa shape index (κ2) is 10.4. The van der Waals surface area contributed by atoms with Crippen LogP contribution in [0.3, 0.4) is 0 Å². The van der Waals surface area contributed by atoms with Crippen LogP contribution in [0.1, 0.15) is 56.3 Å². The van der Waals surface area contributed by atoms with Gasteiger partial charge in [-0.2, -0.15) is 0 Å². The molecule has 0 radical (unpaired) electrons. The van der Waals surface area contributed by atoms with E-state index in [1.165, 1.54) is 0 Å². The Morgan fingerprint density at radius 2 is 1.72 bits per heavy atom. The molecule has 140 valence electrons. The Balaban J connectivity index is 0.00000312. The minimum atomic E-state index is 0. The molecule has 2 unspecified atom stereocenters. The molecule has 1 aliphatic rings. The minimum absolute atomic E-state index is 0. The normalized spacial score (nSPS) is 19.2. The van der Waals surface area contributed by atoms with E-state index in [2.05, 4.69) is 19.2 Å². The van der Waals surface area contributed by atoms with E-state index in [1.807, 2.05) is 4.90 Å². The van der Waals surface area contributed by atoms with E-state index in [4.69, 9.17) is 5.73 Å². The van der Waals surface area contributed by atoms with Gasteiger partial charge in [0, 0.05) is 36.3 Å². The summed E-state index contributed by atoms with van der Waals surface area (Å²) in [6, 6.07) is 7.32. The summed E-state index contributed by atoms with van der Waals surface area (Å²) in [5.74, 6) is 0.0878. The van der Waals surface area contributed by atoms with Crippen molar-refractivity contribution in [3.05, 3.63) is 29.8 Å². The monoisotopic (exact) mass is 367 g/mol. The van der Waals surface area contributed by atoms with Gasteiger partial charge in [-0.3, -0.25) is 9.59 Å². The van der Waals surface area contributed by atoms with Crippen LogP contribution in [0.4, 0.5) is 5.69 Å². The van der Waals surface area contributed by atoms with Gasteiger partial charge in [0.25, 0.3) is 5.91 Å². The molecule has 1 fully saturated rings. The molecule has 1 aromatic carbocycles. The number of carbonyl (C=O) groups is 2. The van der Waals surface area contributed by atoms with Gasteiger partial charge in [0.2, 0.25) is 5.91 Å². The summed E-state index contributed by atoms with van der Waals surface area (Å²) in [7, 11) is 0. The highest BCUT2D eigenvalue weighted by Crippen LogP contribution is 2.25. The molecule has 0 aromatic heterocycles. The smallest absolute Gasteiger partial charge is 0.253 e. The zero-order valence-corrected chi connectivity index (χ0v) is 16.0. The summed E-state index contributed by atoms with van der Waals surface area (Å²) in [5.41, 5.74) is 7.26. The van der Waals surface area contributed by atoms with Gasteiger partial charge in [0.05, 0.1) is 0 Å². The van der Waals surface area contributed by atoms with Crippen molar-refractivity contribution in [3.63, 3.8) is 0 Å². The number of rotatable bonds is 7. The first-order chi connectivity index (χ1) is 11.5. The van der Waals surface area contributed by atoms with E-state index in [0.717, 1.165) is 50.9 Å². The van der Waals surface area contributed by atoms with Crippen LogP contribution in [0.25, 0.3) is 0 Å². The van der Waals surface area contributed by atoms with Gasteiger partial charge in [-0.25, -0.2) is 0 Å². The number of benzene rings is 1. The molecule has 0 spiro atoms. The standard InChI is InChI=1S/C19H29N3O2.ClH/c1-3-11-22(12-4-2)19(24)14-6-9-17(10-7-14)21-18(23)15-5-8-16(20)13-15;/h6-7,9-10,15-16H,3-5,8,11-13,20H2,1-2H3,(H,21,23);1H. The molecule has 0 bridgehead atoms. The molecule has 2 atom stereocenters. The second-order valence-electron chi connectivity index (χ2n) is 6.63. The van der Waals surface area contributed by atoms with E-state index in [-0.39, 0.29) is 36.2 Å². The molecule has 2 rings (SSSR count). The number of nitrogens with zero attached hydrogens (tertiary/aromatic N) is 1. The lowest BCUT2D eigenvalue weighted by Crippen LogP contribution is -2.32. The van der Waals surface area contributed by atoms with Crippen LogP contribution in [0.5, 0.6) is 0 Å². The maximum atomic E-state index is 12.5. The van der Waals surface area contributed by atoms with E-state index < -0.39 is 0 Å². The Labute approximate surface area is 156 Å². The number of halogens is 1. The highest BCUT2D eigenvalue weighted by atomic mass is 35.5. The van der Waals surface area contributed by atoms with Gasteiger partial charge < -0.3 is 16.0 Å². The lowest BCUT2D eigenvalue weighted by molar-refractivity contribution is -0.119. The molecule has 2 amide bonds. The van der Waals surface area contributed by atoms with Gasteiger partial charge in [-0.15, -0.1) is 12.4 Å². The molecule has 1 saturated carbocycles. The average Bonchev–Trinajstić information content (AvgIpc) is 3.01. The number of nitrogens with one attached hydrogen (secondary N) is 1. The van der Waals surface area contributed by atoms with Crippen LogP contribution in [-0.2, 0) is 4.79 Å². The van der Waals surface area contributed by atoms with Gasteiger partial charge in [-0.05, 0) is 56.4 Å². The van der Waals surface area contributed by atoms with Gasteiger partial charge in [0.15, 0.2) is 0 Å². The lowest BCUT2D eigenvalue weighted by Gasteiger charge is -2.21. The Morgan fingerprint density at radius 1 is 1.12 bits per heavy atom. The Bertz CT molecular complexity index is 556. The number of hydrogen-bond donors (Lipinski definition) is 2. The number of amides is 2. The number of hydrogen-bond acceptors (Lipinski definition) is 3. The molecule has 1 aliphatic carbocycles. The zero-order valence-electron chi connectivity index (χ0n) is 15.2. The molecule has 25 heavy (non-hydrogen) atoms.